The fourth-order valence-corrected chi connectivity index (χ4v) is 5.03. The third-order valence-corrected chi connectivity index (χ3v) is 7.16. The number of para-hydroxylation sites is 1. The summed E-state index contributed by atoms with van der Waals surface area (Å²) in [5.74, 6) is -0.818. The summed E-state index contributed by atoms with van der Waals surface area (Å²) in [5.41, 5.74) is 1.21. The van der Waals surface area contributed by atoms with E-state index in [9.17, 15) is 17.6 Å². The highest BCUT2D eigenvalue weighted by Gasteiger charge is 2.27. The Bertz CT molecular complexity index is 1250. The zero-order valence-corrected chi connectivity index (χ0v) is 18.9. The number of benzene rings is 2. The van der Waals surface area contributed by atoms with Gasteiger partial charge in [0.05, 0.1) is 29.1 Å². The predicted octanol–water partition coefficient (Wildman–Crippen LogP) is 2.34. The summed E-state index contributed by atoms with van der Waals surface area (Å²) >= 11 is 0. The Labute approximate surface area is 190 Å². The lowest BCUT2D eigenvalue weighted by Crippen LogP contribution is -2.40. The van der Waals surface area contributed by atoms with Crippen molar-refractivity contribution in [3.05, 3.63) is 54.1 Å². The molecule has 0 spiro atoms. The van der Waals surface area contributed by atoms with Crippen molar-refractivity contribution in [2.24, 2.45) is 0 Å². The van der Waals surface area contributed by atoms with E-state index in [1.54, 1.807) is 18.2 Å². The third kappa shape index (κ3) is 5.00. The summed E-state index contributed by atoms with van der Waals surface area (Å²) in [6.45, 7) is 3.21. The number of carbonyl (C=O) groups excluding carboxylic acids is 1. The molecule has 2 heterocycles. The number of aryl methyl sites for hydroxylation is 1. The lowest BCUT2D eigenvalue weighted by atomic mass is 10.3. The average molecular weight is 478 g/mol. The Hall–Kier alpha value is -3.02. The van der Waals surface area contributed by atoms with Gasteiger partial charge in [-0.1, -0.05) is 12.1 Å². The molecule has 1 aromatic heterocycles. The summed E-state index contributed by atoms with van der Waals surface area (Å²) in [4.78, 5) is 16.7. The van der Waals surface area contributed by atoms with Gasteiger partial charge in [0.1, 0.15) is 12.4 Å². The van der Waals surface area contributed by atoms with E-state index in [1.165, 1.54) is 28.6 Å². The Morgan fingerprint density at radius 2 is 1.94 bits per heavy atom. The van der Waals surface area contributed by atoms with Crippen LogP contribution in [0.1, 0.15) is 12.7 Å². The number of rotatable bonds is 8. The number of halogens is 1. The van der Waals surface area contributed by atoms with Gasteiger partial charge in [-0.3, -0.25) is 0 Å². The molecule has 1 saturated heterocycles. The van der Waals surface area contributed by atoms with Crippen LogP contribution in [-0.4, -0.2) is 61.2 Å². The molecule has 0 saturated carbocycles. The highest BCUT2D eigenvalue weighted by molar-refractivity contribution is 7.89. The van der Waals surface area contributed by atoms with Crippen molar-refractivity contribution in [1.82, 2.24) is 13.9 Å². The van der Waals surface area contributed by atoms with E-state index in [2.05, 4.69) is 4.98 Å². The molecule has 3 aromatic rings. The van der Waals surface area contributed by atoms with Gasteiger partial charge in [-0.25, -0.2) is 22.6 Å². The van der Waals surface area contributed by atoms with E-state index >= 15 is 0 Å². The van der Waals surface area contributed by atoms with Crippen LogP contribution in [0.15, 0.2) is 47.4 Å². The molecule has 1 aliphatic heterocycles. The fourth-order valence-electron chi connectivity index (χ4n) is 3.60. The molecule has 33 heavy (non-hydrogen) atoms. The van der Waals surface area contributed by atoms with E-state index in [4.69, 9.17) is 14.2 Å². The predicted molar refractivity (Wildman–Crippen MR) is 117 cm³/mol. The molecular formula is C22H24FN3O6S. The summed E-state index contributed by atoms with van der Waals surface area (Å²) in [6, 6.07) is 10.6. The second-order valence-corrected chi connectivity index (χ2v) is 9.26. The van der Waals surface area contributed by atoms with E-state index in [0.717, 1.165) is 5.52 Å². The van der Waals surface area contributed by atoms with Gasteiger partial charge in [0.15, 0.2) is 18.2 Å². The van der Waals surface area contributed by atoms with E-state index in [1.807, 2.05) is 11.5 Å². The normalized spacial score (nSPS) is 15.0. The Morgan fingerprint density at radius 1 is 1.18 bits per heavy atom. The first-order valence-electron chi connectivity index (χ1n) is 10.5. The topological polar surface area (TPSA) is 100.0 Å². The highest BCUT2D eigenvalue weighted by atomic mass is 32.2. The van der Waals surface area contributed by atoms with Gasteiger partial charge in [0, 0.05) is 19.6 Å². The minimum atomic E-state index is -3.66. The number of aromatic nitrogens is 2. The van der Waals surface area contributed by atoms with Crippen LogP contribution in [0.4, 0.5) is 4.39 Å². The van der Waals surface area contributed by atoms with Gasteiger partial charge in [-0.15, -0.1) is 0 Å². The zero-order valence-electron chi connectivity index (χ0n) is 18.1. The molecule has 0 amide bonds. The van der Waals surface area contributed by atoms with Gasteiger partial charge in [-0.05, 0) is 37.3 Å². The number of hydrogen-bond donors (Lipinski definition) is 0. The first-order chi connectivity index (χ1) is 15.9. The van der Waals surface area contributed by atoms with Gasteiger partial charge in [-0.2, -0.15) is 4.31 Å². The van der Waals surface area contributed by atoms with Gasteiger partial charge >= 0.3 is 5.97 Å². The van der Waals surface area contributed by atoms with Gasteiger partial charge in [0.2, 0.25) is 10.0 Å². The quantitative estimate of drug-likeness (QED) is 0.459. The van der Waals surface area contributed by atoms with Crippen molar-refractivity contribution < 1.29 is 31.8 Å². The third-order valence-electron chi connectivity index (χ3n) is 5.27. The number of carbonyl (C=O) groups is 1. The molecule has 0 N–H and O–H groups in total. The summed E-state index contributed by atoms with van der Waals surface area (Å²) in [5, 5.41) is 0. The van der Waals surface area contributed by atoms with Crippen LogP contribution in [0.25, 0.3) is 11.0 Å². The molecule has 0 unspecified atom stereocenters. The van der Waals surface area contributed by atoms with Gasteiger partial charge in [0.25, 0.3) is 0 Å². The summed E-state index contributed by atoms with van der Waals surface area (Å²) in [6.07, 6.45) is 0. The molecule has 1 aliphatic rings. The maximum Gasteiger partial charge on any atom is 0.344 e. The number of esters is 1. The minimum Gasteiger partial charge on any atom is -0.479 e. The van der Waals surface area contributed by atoms with Crippen LogP contribution in [-0.2, 0) is 37.4 Å². The Balaban J connectivity index is 1.47. The number of morpholine rings is 1. The molecule has 176 valence electrons. The van der Waals surface area contributed by atoms with Crippen LogP contribution < -0.4 is 4.74 Å². The SMILES string of the molecule is CCn1c(COC(=O)COc2ccccc2F)nc2cc(S(=O)(=O)N3CCOCC3)ccc21. The molecule has 0 radical (unpaired) electrons. The molecule has 0 aliphatic carbocycles. The van der Waals surface area contributed by atoms with Crippen molar-refractivity contribution in [3.63, 3.8) is 0 Å². The fraction of sp³-hybridized carbons (Fsp3) is 0.364. The molecule has 2 aromatic carbocycles. The Morgan fingerprint density at radius 3 is 2.67 bits per heavy atom. The number of sulfonamides is 1. The molecular weight excluding hydrogens is 453 g/mol. The number of nitrogens with zero attached hydrogens (tertiary/aromatic N) is 3. The highest BCUT2D eigenvalue weighted by Crippen LogP contribution is 2.24. The maximum absolute atomic E-state index is 13.6. The van der Waals surface area contributed by atoms with Crippen molar-refractivity contribution in [3.8, 4) is 5.75 Å². The van der Waals surface area contributed by atoms with E-state index in [0.29, 0.717) is 44.2 Å². The van der Waals surface area contributed by atoms with Crippen LogP contribution in [0.5, 0.6) is 5.75 Å². The van der Waals surface area contributed by atoms with E-state index in [-0.39, 0.29) is 17.3 Å². The first-order valence-corrected chi connectivity index (χ1v) is 11.9. The molecule has 11 heteroatoms. The standard InChI is InChI=1S/C22H24FN3O6S/c1-2-26-19-8-7-16(33(28,29)25-9-11-30-12-10-25)13-18(19)24-21(26)14-32-22(27)15-31-20-6-4-3-5-17(20)23/h3-8,13H,2,9-12,14-15H2,1H3. The van der Waals surface area contributed by atoms with Crippen molar-refractivity contribution in [2.45, 2.75) is 25.0 Å². The average Bonchev–Trinajstić information content (AvgIpc) is 3.19. The van der Waals surface area contributed by atoms with Crippen molar-refractivity contribution in [2.75, 3.05) is 32.9 Å². The van der Waals surface area contributed by atoms with E-state index < -0.39 is 28.4 Å². The maximum atomic E-state index is 13.6. The summed E-state index contributed by atoms with van der Waals surface area (Å²) < 4.78 is 58.4. The lowest BCUT2D eigenvalue weighted by Gasteiger charge is -2.26. The lowest BCUT2D eigenvalue weighted by molar-refractivity contribution is -0.147. The second-order valence-electron chi connectivity index (χ2n) is 7.32. The van der Waals surface area contributed by atoms with Crippen LogP contribution >= 0.6 is 0 Å². The van der Waals surface area contributed by atoms with Crippen LogP contribution in [0.2, 0.25) is 0 Å². The van der Waals surface area contributed by atoms with Crippen LogP contribution in [0.3, 0.4) is 0 Å². The monoisotopic (exact) mass is 477 g/mol. The molecule has 1 fully saturated rings. The first kappa shape index (κ1) is 23.1. The zero-order chi connectivity index (χ0) is 23.4. The molecule has 0 bridgehead atoms. The number of imidazole rings is 1. The minimum absolute atomic E-state index is 0.0377. The number of ether oxygens (including phenoxy) is 3. The molecule has 0 atom stereocenters. The van der Waals surface area contributed by atoms with Crippen molar-refractivity contribution >= 4 is 27.0 Å². The molecule has 9 nitrogen and oxygen atoms in total. The van der Waals surface area contributed by atoms with Gasteiger partial charge < -0.3 is 18.8 Å². The summed E-state index contributed by atoms with van der Waals surface area (Å²) in [7, 11) is -3.66. The van der Waals surface area contributed by atoms with Crippen molar-refractivity contribution in [1.29, 1.82) is 0 Å². The Kier molecular flexibility index (Phi) is 6.91. The number of fused-ring (bicyclic) bond motifs is 1. The molecule has 4 rings (SSSR count). The smallest absolute Gasteiger partial charge is 0.344 e. The number of hydrogen-bond acceptors (Lipinski definition) is 7. The second kappa shape index (κ2) is 9.86. The van der Waals surface area contributed by atoms with Crippen LogP contribution in [0, 0.1) is 5.82 Å². The largest absolute Gasteiger partial charge is 0.479 e.